The molecule has 0 radical (unpaired) electrons. The van der Waals surface area contributed by atoms with Gasteiger partial charge in [-0.1, -0.05) is 37.4 Å². The summed E-state index contributed by atoms with van der Waals surface area (Å²) in [5.41, 5.74) is 2.46. The van der Waals surface area contributed by atoms with Crippen molar-refractivity contribution in [2.75, 3.05) is 25.0 Å². The molecule has 0 saturated carbocycles. The van der Waals surface area contributed by atoms with Gasteiger partial charge < -0.3 is 10.2 Å². The molecule has 1 fully saturated rings. The first-order valence-electron chi connectivity index (χ1n) is 7.92. The van der Waals surface area contributed by atoms with Crippen molar-refractivity contribution in [2.45, 2.75) is 45.6 Å². The molecule has 1 saturated heterocycles. The van der Waals surface area contributed by atoms with Crippen molar-refractivity contribution in [1.82, 2.24) is 5.32 Å². The molecule has 1 aromatic rings. The number of halogens is 1. The first-order valence-corrected chi connectivity index (χ1v) is 8.30. The summed E-state index contributed by atoms with van der Waals surface area (Å²) in [4.78, 5) is 2.47. The monoisotopic (exact) mass is 294 g/mol. The smallest absolute Gasteiger partial charge is 0.0642 e. The Morgan fingerprint density at radius 3 is 2.85 bits per heavy atom. The molecule has 0 bridgehead atoms. The normalized spacial score (nSPS) is 19.9. The molecule has 2 rings (SSSR count). The van der Waals surface area contributed by atoms with Gasteiger partial charge in [-0.25, -0.2) is 0 Å². The van der Waals surface area contributed by atoms with E-state index in [0.717, 1.165) is 30.6 Å². The Hall–Kier alpha value is -0.730. The summed E-state index contributed by atoms with van der Waals surface area (Å²) in [6.45, 7) is 5.46. The lowest BCUT2D eigenvalue weighted by atomic mass is 9.96. The maximum absolute atomic E-state index is 6.48. The summed E-state index contributed by atoms with van der Waals surface area (Å²) in [5, 5.41) is 4.06. The SMILES string of the molecule is CCCC1CCCN(c2ccc(CNC)cc2Cl)CC1. The lowest BCUT2D eigenvalue weighted by Crippen LogP contribution is -2.24. The van der Waals surface area contributed by atoms with Crippen LogP contribution in [0.25, 0.3) is 0 Å². The van der Waals surface area contributed by atoms with E-state index >= 15 is 0 Å². The van der Waals surface area contributed by atoms with Crippen molar-refractivity contribution in [1.29, 1.82) is 0 Å². The first kappa shape index (κ1) is 15.7. The number of nitrogens with zero attached hydrogens (tertiary/aromatic N) is 1. The fourth-order valence-corrected chi connectivity index (χ4v) is 3.55. The van der Waals surface area contributed by atoms with E-state index in [-0.39, 0.29) is 0 Å². The molecule has 1 N–H and O–H groups in total. The molecule has 0 aliphatic carbocycles. The van der Waals surface area contributed by atoms with Gasteiger partial charge in [-0.3, -0.25) is 0 Å². The van der Waals surface area contributed by atoms with E-state index in [1.54, 1.807) is 0 Å². The van der Waals surface area contributed by atoms with Crippen molar-refractivity contribution >= 4 is 17.3 Å². The van der Waals surface area contributed by atoms with E-state index < -0.39 is 0 Å². The zero-order chi connectivity index (χ0) is 14.4. The van der Waals surface area contributed by atoms with Gasteiger partial charge in [0.15, 0.2) is 0 Å². The Kier molecular flexibility index (Phi) is 6.18. The molecular formula is C17H27ClN2. The predicted molar refractivity (Wildman–Crippen MR) is 88.7 cm³/mol. The van der Waals surface area contributed by atoms with Crippen LogP contribution in [0.3, 0.4) is 0 Å². The van der Waals surface area contributed by atoms with Gasteiger partial charge >= 0.3 is 0 Å². The molecule has 2 nitrogen and oxygen atoms in total. The second kappa shape index (κ2) is 7.90. The second-order valence-electron chi connectivity index (χ2n) is 5.89. The quantitative estimate of drug-likeness (QED) is 0.862. The van der Waals surface area contributed by atoms with Gasteiger partial charge in [-0.15, -0.1) is 0 Å². The van der Waals surface area contributed by atoms with E-state index in [2.05, 4.69) is 35.3 Å². The van der Waals surface area contributed by atoms with Crippen molar-refractivity contribution in [3.63, 3.8) is 0 Å². The van der Waals surface area contributed by atoms with Gasteiger partial charge in [0.1, 0.15) is 0 Å². The van der Waals surface area contributed by atoms with Gasteiger partial charge in [0.25, 0.3) is 0 Å². The van der Waals surface area contributed by atoms with Crippen LogP contribution in [0.1, 0.15) is 44.6 Å². The fraction of sp³-hybridized carbons (Fsp3) is 0.647. The van der Waals surface area contributed by atoms with Crippen LogP contribution >= 0.6 is 11.6 Å². The zero-order valence-corrected chi connectivity index (χ0v) is 13.5. The molecule has 1 unspecified atom stereocenters. The minimum absolute atomic E-state index is 0.874. The largest absolute Gasteiger partial charge is 0.370 e. The van der Waals surface area contributed by atoms with Crippen LogP contribution in [0, 0.1) is 5.92 Å². The van der Waals surface area contributed by atoms with Crippen LogP contribution < -0.4 is 10.2 Å². The second-order valence-corrected chi connectivity index (χ2v) is 6.30. The number of anilines is 1. The number of rotatable bonds is 5. The maximum Gasteiger partial charge on any atom is 0.0642 e. The van der Waals surface area contributed by atoms with E-state index in [0.29, 0.717) is 0 Å². The van der Waals surface area contributed by atoms with Crippen molar-refractivity contribution < 1.29 is 0 Å². The first-order chi connectivity index (χ1) is 9.74. The molecular weight excluding hydrogens is 268 g/mol. The Morgan fingerprint density at radius 1 is 1.30 bits per heavy atom. The summed E-state index contributed by atoms with van der Waals surface area (Å²) in [7, 11) is 1.96. The fourth-order valence-electron chi connectivity index (χ4n) is 3.22. The van der Waals surface area contributed by atoms with Gasteiger partial charge in [0, 0.05) is 19.6 Å². The predicted octanol–water partition coefficient (Wildman–Crippen LogP) is 4.47. The average molecular weight is 295 g/mol. The highest BCUT2D eigenvalue weighted by atomic mass is 35.5. The van der Waals surface area contributed by atoms with E-state index in [4.69, 9.17) is 11.6 Å². The van der Waals surface area contributed by atoms with Gasteiger partial charge in [-0.2, -0.15) is 0 Å². The van der Waals surface area contributed by atoms with Gasteiger partial charge in [0.2, 0.25) is 0 Å². The summed E-state index contributed by atoms with van der Waals surface area (Å²) in [5.74, 6) is 0.910. The Morgan fingerprint density at radius 2 is 2.15 bits per heavy atom. The molecule has 20 heavy (non-hydrogen) atoms. The highest BCUT2D eigenvalue weighted by molar-refractivity contribution is 6.33. The number of benzene rings is 1. The molecule has 0 aromatic heterocycles. The van der Waals surface area contributed by atoms with Gasteiger partial charge in [-0.05, 0) is 49.9 Å². The molecule has 0 spiro atoms. The topological polar surface area (TPSA) is 15.3 Å². The minimum atomic E-state index is 0.874. The number of nitrogens with one attached hydrogen (secondary N) is 1. The molecule has 3 heteroatoms. The van der Waals surface area contributed by atoms with Crippen molar-refractivity contribution in [3.8, 4) is 0 Å². The Bertz CT molecular complexity index is 419. The summed E-state index contributed by atoms with van der Waals surface area (Å²) in [6.07, 6.45) is 6.66. The summed E-state index contributed by atoms with van der Waals surface area (Å²) >= 11 is 6.48. The lowest BCUT2D eigenvalue weighted by molar-refractivity contribution is 0.435. The lowest BCUT2D eigenvalue weighted by Gasteiger charge is -2.24. The van der Waals surface area contributed by atoms with Crippen LogP contribution in [-0.2, 0) is 6.54 Å². The molecule has 1 aliphatic rings. The standard InChI is InChI=1S/C17H27ClN2/c1-3-5-14-6-4-10-20(11-9-14)17-8-7-15(13-19-2)12-16(17)18/h7-8,12,14,19H,3-6,9-11,13H2,1-2H3. The minimum Gasteiger partial charge on any atom is -0.370 e. The Labute approximate surface area is 128 Å². The summed E-state index contributed by atoms with van der Waals surface area (Å²) < 4.78 is 0. The van der Waals surface area contributed by atoms with Crippen LogP contribution in [0.2, 0.25) is 5.02 Å². The Balaban J connectivity index is 2.03. The van der Waals surface area contributed by atoms with Crippen LogP contribution in [0.5, 0.6) is 0 Å². The van der Waals surface area contributed by atoms with Crippen LogP contribution in [0.4, 0.5) is 5.69 Å². The third kappa shape index (κ3) is 4.13. The van der Waals surface area contributed by atoms with Crippen LogP contribution in [0.15, 0.2) is 18.2 Å². The van der Waals surface area contributed by atoms with E-state index in [1.807, 2.05) is 7.05 Å². The van der Waals surface area contributed by atoms with Crippen LogP contribution in [-0.4, -0.2) is 20.1 Å². The zero-order valence-electron chi connectivity index (χ0n) is 12.8. The average Bonchev–Trinajstić information content (AvgIpc) is 2.66. The highest BCUT2D eigenvalue weighted by Crippen LogP contribution is 2.31. The molecule has 1 heterocycles. The van der Waals surface area contributed by atoms with E-state index in [1.165, 1.54) is 43.4 Å². The molecule has 1 aliphatic heterocycles. The molecule has 0 amide bonds. The maximum atomic E-state index is 6.48. The van der Waals surface area contributed by atoms with Crippen molar-refractivity contribution in [3.05, 3.63) is 28.8 Å². The third-order valence-corrected chi connectivity index (χ3v) is 4.58. The van der Waals surface area contributed by atoms with Gasteiger partial charge in [0.05, 0.1) is 10.7 Å². The third-order valence-electron chi connectivity index (χ3n) is 4.28. The molecule has 112 valence electrons. The van der Waals surface area contributed by atoms with Crippen molar-refractivity contribution in [2.24, 2.45) is 5.92 Å². The molecule has 1 aromatic carbocycles. The molecule has 1 atom stereocenters. The summed E-state index contributed by atoms with van der Waals surface area (Å²) in [6, 6.07) is 6.48. The number of hydrogen-bond acceptors (Lipinski definition) is 2. The number of hydrogen-bond donors (Lipinski definition) is 1. The van der Waals surface area contributed by atoms with E-state index in [9.17, 15) is 0 Å². The highest BCUT2D eigenvalue weighted by Gasteiger charge is 2.18.